The third-order valence-electron chi connectivity index (χ3n) is 4.46. The number of amides is 1. The van der Waals surface area contributed by atoms with Crippen LogP contribution in [0.25, 0.3) is 0 Å². The molecule has 0 atom stereocenters. The summed E-state index contributed by atoms with van der Waals surface area (Å²) in [7, 11) is 0. The van der Waals surface area contributed by atoms with Gasteiger partial charge in [0.2, 0.25) is 11.8 Å². The summed E-state index contributed by atoms with van der Waals surface area (Å²) in [5.41, 5.74) is 1.07. The summed E-state index contributed by atoms with van der Waals surface area (Å²) in [6.07, 6.45) is 5.35. The Morgan fingerprint density at radius 2 is 1.92 bits per heavy atom. The summed E-state index contributed by atoms with van der Waals surface area (Å²) in [6, 6.07) is 6.42. The van der Waals surface area contributed by atoms with Crippen molar-refractivity contribution in [2.24, 2.45) is 0 Å². The molecule has 2 N–H and O–H groups in total. The summed E-state index contributed by atoms with van der Waals surface area (Å²) < 4.78 is 5.23. The molecule has 1 aromatic carbocycles. The molecule has 2 aromatic rings. The lowest BCUT2D eigenvalue weighted by Crippen LogP contribution is -2.23. The number of aromatic carboxylic acids is 1. The first kappa shape index (κ1) is 17.1. The van der Waals surface area contributed by atoms with Crippen molar-refractivity contribution in [2.75, 3.05) is 0 Å². The third-order valence-corrected chi connectivity index (χ3v) is 4.46. The Labute approximate surface area is 145 Å². The summed E-state index contributed by atoms with van der Waals surface area (Å²) in [5, 5.41) is 15.7. The van der Waals surface area contributed by atoms with Crippen LogP contribution < -0.4 is 5.32 Å². The molecule has 25 heavy (non-hydrogen) atoms. The van der Waals surface area contributed by atoms with Gasteiger partial charge in [-0.05, 0) is 30.5 Å². The molecule has 132 valence electrons. The Balaban J connectivity index is 1.42. The number of hydrogen-bond donors (Lipinski definition) is 2. The molecule has 7 nitrogen and oxygen atoms in total. The van der Waals surface area contributed by atoms with E-state index in [9.17, 15) is 9.59 Å². The first-order valence-corrected chi connectivity index (χ1v) is 8.53. The molecule has 0 bridgehead atoms. The molecule has 0 unspecified atom stereocenters. The van der Waals surface area contributed by atoms with Gasteiger partial charge in [0.15, 0.2) is 5.82 Å². The second-order valence-electron chi connectivity index (χ2n) is 6.31. The van der Waals surface area contributed by atoms with E-state index < -0.39 is 5.97 Å². The van der Waals surface area contributed by atoms with Crippen molar-refractivity contribution in [1.29, 1.82) is 0 Å². The fraction of sp³-hybridized carbons (Fsp3) is 0.444. The predicted octanol–water partition coefficient (Wildman–Crippen LogP) is 2.67. The number of nitrogens with one attached hydrogen (secondary N) is 1. The number of nitrogens with zero attached hydrogens (tertiary/aromatic N) is 2. The minimum Gasteiger partial charge on any atom is -0.478 e. The molecule has 0 aliphatic heterocycles. The van der Waals surface area contributed by atoms with Crippen LogP contribution in [0, 0.1) is 0 Å². The number of carboxylic acids is 1. The zero-order valence-electron chi connectivity index (χ0n) is 13.9. The quantitative estimate of drug-likeness (QED) is 0.801. The Bertz CT molecular complexity index is 733. The van der Waals surface area contributed by atoms with Crippen LogP contribution in [-0.4, -0.2) is 27.1 Å². The van der Waals surface area contributed by atoms with Crippen molar-refractivity contribution in [3.05, 3.63) is 47.1 Å². The van der Waals surface area contributed by atoms with E-state index in [2.05, 4.69) is 15.5 Å². The maximum absolute atomic E-state index is 11.9. The smallest absolute Gasteiger partial charge is 0.335 e. The van der Waals surface area contributed by atoms with Crippen molar-refractivity contribution >= 4 is 11.9 Å². The zero-order chi connectivity index (χ0) is 17.6. The zero-order valence-corrected chi connectivity index (χ0v) is 13.9. The normalized spacial score (nSPS) is 14.6. The van der Waals surface area contributed by atoms with E-state index in [0.29, 0.717) is 24.8 Å². The van der Waals surface area contributed by atoms with Crippen LogP contribution >= 0.6 is 0 Å². The van der Waals surface area contributed by atoms with Gasteiger partial charge >= 0.3 is 5.97 Å². The number of carboxylic acid groups (broad SMARTS) is 1. The number of aryl methyl sites for hydroxylation is 1. The van der Waals surface area contributed by atoms with Gasteiger partial charge in [-0.1, -0.05) is 30.1 Å². The lowest BCUT2D eigenvalue weighted by Gasteiger charge is -2.05. The van der Waals surface area contributed by atoms with Gasteiger partial charge in [-0.2, -0.15) is 4.98 Å². The lowest BCUT2D eigenvalue weighted by atomic mass is 10.1. The van der Waals surface area contributed by atoms with Crippen LogP contribution in [-0.2, 0) is 17.8 Å². The van der Waals surface area contributed by atoms with Crippen LogP contribution in [0.4, 0.5) is 0 Å². The van der Waals surface area contributed by atoms with E-state index in [1.165, 1.54) is 25.0 Å². The molecular weight excluding hydrogens is 322 g/mol. The molecule has 1 aromatic heterocycles. The second-order valence-corrected chi connectivity index (χ2v) is 6.31. The largest absolute Gasteiger partial charge is 0.478 e. The van der Waals surface area contributed by atoms with E-state index in [1.807, 2.05) is 0 Å². The fourth-order valence-electron chi connectivity index (χ4n) is 2.99. The van der Waals surface area contributed by atoms with Crippen LogP contribution in [0.15, 0.2) is 28.8 Å². The topological polar surface area (TPSA) is 105 Å². The first-order valence-electron chi connectivity index (χ1n) is 8.53. The molecule has 3 rings (SSSR count). The van der Waals surface area contributed by atoms with Gasteiger partial charge < -0.3 is 14.9 Å². The molecule has 0 saturated heterocycles. The van der Waals surface area contributed by atoms with Gasteiger partial charge in [-0.25, -0.2) is 4.79 Å². The van der Waals surface area contributed by atoms with Gasteiger partial charge in [0.1, 0.15) is 0 Å². The molecule has 1 fully saturated rings. The molecule has 1 saturated carbocycles. The number of aromatic nitrogens is 2. The van der Waals surface area contributed by atoms with Crippen LogP contribution in [0.2, 0.25) is 0 Å². The molecule has 0 radical (unpaired) electrons. The summed E-state index contributed by atoms with van der Waals surface area (Å²) >= 11 is 0. The highest BCUT2D eigenvalue weighted by molar-refractivity contribution is 5.87. The van der Waals surface area contributed by atoms with Crippen LogP contribution in [0.3, 0.4) is 0 Å². The summed E-state index contributed by atoms with van der Waals surface area (Å²) in [5.74, 6) is 0.601. The van der Waals surface area contributed by atoms with Crippen molar-refractivity contribution in [1.82, 2.24) is 15.5 Å². The molecule has 1 aliphatic rings. The summed E-state index contributed by atoms with van der Waals surface area (Å²) in [6.45, 7) is 0.357. The van der Waals surface area contributed by atoms with Crippen molar-refractivity contribution in [3.63, 3.8) is 0 Å². The van der Waals surface area contributed by atoms with E-state index in [-0.39, 0.29) is 17.9 Å². The van der Waals surface area contributed by atoms with Crippen LogP contribution in [0.5, 0.6) is 0 Å². The first-order chi connectivity index (χ1) is 12.1. The van der Waals surface area contributed by atoms with Gasteiger partial charge in [0.25, 0.3) is 0 Å². The second kappa shape index (κ2) is 7.92. The van der Waals surface area contributed by atoms with E-state index in [0.717, 1.165) is 24.2 Å². The molecule has 1 heterocycles. The van der Waals surface area contributed by atoms with E-state index in [1.54, 1.807) is 12.1 Å². The molecule has 1 amide bonds. The SMILES string of the molecule is O=C(CCc1nc(C2CCCC2)no1)NCc1ccc(C(=O)O)cc1. The van der Waals surface area contributed by atoms with E-state index >= 15 is 0 Å². The Kier molecular flexibility index (Phi) is 5.42. The Morgan fingerprint density at radius 1 is 1.20 bits per heavy atom. The number of carbonyl (C=O) groups is 2. The monoisotopic (exact) mass is 343 g/mol. The number of benzene rings is 1. The minimum absolute atomic E-state index is 0.108. The standard InChI is InChI=1S/C18H21N3O4/c22-15(19-11-12-5-7-14(8-6-12)18(23)24)9-10-16-20-17(21-25-16)13-3-1-2-4-13/h5-8,13H,1-4,9-11H2,(H,19,22)(H,23,24). The highest BCUT2D eigenvalue weighted by atomic mass is 16.5. The van der Waals surface area contributed by atoms with Gasteiger partial charge in [0, 0.05) is 25.3 Å². The fourth-order valence-corrected chi connectivity index (χ4v) is 2.99. The third kappa shape index (κ3) is 4.65. The number of rotatable bonds is 7. The van der Waals surface area contributed by atoms with Gasteiger partial charge in [-0.3, -0.25) is 4.79 Å². The lowest BCUT2D eigenvalue weighted by molar-refractivity contribution is -0.121. The highest BCUT2D eigenvalue weighted by Gasteiger charge is 2.22. The number of hydrogen-bond acceptors (Lipinski definition) is 5. The van der Waals surface area contributed by atoms with Gasteiger partial charge in [0.05, 0.1) is 5.56 Å². The predicted molar refractivity (Wildman–Crippen MR) is 89.1 cm³/mol. The average molecular weight is 343 g/mol. The van der Waals surface area contributed by atoms with Crippen molar-refractivity contribution < 1.29 is 19.2 Å². The maximum Gasteiger partial charge on any atom is 0.335 e. The molecule has 1 aliphatic carbocycles. The summed E-state index contributed by atoms with van der Waals surface area (Å²) in [4.78, 5) is 27.1. The number of carbonyl (C=O) groups excluding carboxylic acids is 1. The Morgan fingerprint density at radius 3 is 2.60 bits per heavy atom. The van der Waals surface area contributed by atoms with Crippen molar-refractivity contribution in [2.45, 2.75) is 51.0 Å². The van der Waals surface area contributed by atoms with Gasteiger partial charge in [-0.15, -0.1) is 0 Å². The maximum atomic E-state index is 11.9. The highest BCUT2D eigenvalue weighted by Crippen LogP contribution is 2.32. The minimum atomic E-state index is -0.966. The average Bonchev–Trinajstić information content (AvgIpc) is 3.29. The van der Waals surface area contributed by atoms with E-state index in [4.69, 9.17) is 9.63 Å². The molecule has 0 spiro atoms. The van der Waals surface area contributed by atoms with Crippen LogP contribution in [0.1, 0.15) is 65.7 Å². The Hall–Kier alpha value is -2.70. The van der Waals surface area contributed by atoms with Crippen molar-refractivity contribution in [3.8, 4) is 0 Å². The molecular formula is C18H21N3O4. The molecule has 7 heteroatoms.